The van der Waals surface area contributed by atoms with Gasteiger partial charge in [-0.3, -0.25) is 0 Å². The summed E-state index contributed by atoms with van der Waals surface area (Å²) >= 11 is 0. The molecule has 0 saturated carbocycles. The Bertz CT molecular complexity index is 749. The van der Waals surface area contributed by atoms with Crippen LogP contribution in [0, 0.1) is 0 Å². The van der Waals surface area contributed by atoms with Crippen LogP contribution in [0.25, 0.3) is 0 Å². The number of allylic oxidation sites excluding steroid dienone is 3. The summed E-state index contributed by atoms with van der Waals surface area (Å²) in [6.07, 6.45) is 9.65. The molecule has 0 N–H and O–H groups in total. The fraction of sp³-hybridized carbons (Fsp3) is 0.333. The molecule has 0 fully saturated rings. The van der Waals surface area contributed by atoms with Gasteiger partial charge in [0.1, 0.15) is 8.24 Å². The minimum Gasteiger partial charge on any atom is -0.423 e. The molecule has 0 amide bonds. The maximum atomic E-state index is 2.95. The lowest BCUT2D eigenvalue weighted by atomic mass is 10.1. The molecular weight excluding hydrogens is 358 g/mol. The molecular formula is C24H33NSi2. The van der Waals surface area contributed by atoms with Crippen LogP contribution in [0.2, 0.25) is 19.6 Å². The number of unbranched alkanes of at least 4 members (excludes halogenated alkanes) is 1. The predicted octanol–water partition coefficient (Wildman–Crippen LogP) is 5.07. The predicted molar refractivity (Wildman–Crippen MR) is 125 cm³/mol. The first-order valence-corrected chi connectivity index (χ1v) is 15.4. The van der Waals surface area contributed by atoms with Crippen molar-refractivity contribution in [3.05, 3.63) is 84.1 Å². The lowest BCUT2D eigenvalue weighted by molar-refractivity contribution is 0.726. The second-order valence-electron chi connectivity index (χ2n) is 8.45. The van der Waals surface area contributed by atoms with Gasteiger partial charge in [-0.25, -0.2) is 0 Å². The van der Waals surface area contributed by atoms with Gasteiger partial charge in [-0.1, -0.05) is 106 Å². The molecule has 142 valence electrons. The Labute approximate surface area is 168 Å². The molecule has 0 aromatic heterocycles. The highest BCUT2D eigenvalue weighted by molar-refractivity contribution is 6.94. The summed E-state index contributed by atoms with van der Waals surface area (Å²) in [4.78, 5) is 0. The van der Waals surface area contributed by atoms with Gasteiger partial charge in [0.25, 0.3) is 0 Å². The minimum absolute atomic E-state index is 1.10. The SMILES string of the molecule is CCCCC1=C(N([SiH](c2ccccc2)c2ccccc2)[Si](C)(C)C)CC=C1. The summed E-state index contributed by atoms with van der Waals surface area (Å²) in [5, 5.41) is 3.06. The largest absolute Gasteiger partial charge is 0.423 e. The molecule has 3 rings (SSSR count). The van der Waals surface area contributed by atoms with Crippen molar-refractivity contribution < 1.29 is 0 Å². The van der Waals surface area contributed by atoms with Crippen LogP contribution in [0.3, 0.4) is 0 Å². The summed E-state index contributed by atoms with van der Waals surface area (Å²) in [5.74, 6) is 0. The van der Waals surface area contributed by atoms with E-state index in [2.05, 4.69) is 104 Å². The average Bonchev–Trinajstić information content (AvgIpc) is 3.12. The fourth-order valence-electron chi connectivity index (χ4n) is 4.10. The van der Waals surface area contributed by atoms with Gasteiger partial charge < -0.3 is 4.23 Å². The summed E-state index contributed by atoms with van der Waals surface area (Å²) in [6, 6.07) is 22.5. The zero-order valence-electron chi connectivity index (χ0n) is 17.3. The van der Waals surface area contributed by atoms with Gasteiger partial charge in [0.15, 0.2) is 8.96 Å². The highest BCUT2D eigenvalue weighted by Crippen LogP contribution is 2.31. The van der Waals surface area contributed by atoms with Crippen LogP contribution in [-0.2, 0) is 0 Å². The molecule has 0 aliphatic heterocycles. The molecule has 2 aromatic rings. The third-order valence-corrected chi connectivity index (χ3v) is 13.0. The molecule has 0 unspecified atom stereocenters. The molecule has 0 atom stereocenters. The van der Waals surface area contributed by atoms with Crippen molar-refractivity contribution in [1.82, 2.24) is 4.23 Å². The summed E-state index contributed by atoms with van der Waals surface area (Å²) < 4.78 is 2.95. The molecule has 1 nitrogen and oxygen atoms in total. The zero-order chi connectivity index (χ0) is 19.3. The summed E-state index contributed by atoms with van der Waals surface area (Å²) in [7, 11) is -3.08. The fourth-order valence-corrected chi connectivity index (χ4v) is 11.9. The molecule has 27 heavy (non-hydrogen) atoms. The molecule has 0 spiro atoms. The molecule has 3 heteroatoms. The zero-order valence-corrected chi connectivity index (χ0v) is 19.4. The molecule has 1 aliphatic carbocycles. The van der Waals surface area contributed by atoms with Gasteiger partial charge in [-0.15, -0.1) is 0 Å². The van der Waals surface area contributed by atoms with E-state index < -0.39 is 17.2 Å². The van der Waals surface area contributed by atoms with E-state index in [1.54, 1.807) is 11.3 Å². The van der Waals surface area contributed by atoms with Gasteiger partial charge >= 0.3 is 0 Å². The van der Waals surface area contributed by atoms with Crippen LogP contribution >= 0.6 is 0 Å². The monoisotopic (exact) mass is 391 g/mol. The van der Waals surface area contributed by atoms with Crippen molar-refractivity contribution >= 4 is 27.6 Å². The van der Waals surface area contributed by atoms with Crippen LogP contribution in [0.4, 0.5) is 0 Å². The van der Waals surface area contributed by atoms with E-state index in [0.29, 0.717) is 0 Å². The van der Waals surface area contributed by atoms with E-state index in [0.717, 1.165) is 6.42 Å². The number of nitrogens with zero attached hydrogens (tertiary/aromatic N) is 1. The van der Waals surface area contributed by atoms with Crippen molar-refractivity contribution in [3.8, 4) is 0 Å². The van der Waals surface area contributed by atoms with Crippen LogP contribution < -0.4 is 10.4 Å². The van der Waals surface area contributed by atoms with Gasteiger partial charge in [0, 0.05) is 12.1 Å². The third kappa shape index (κ3) is 4.71. The normalized spacial score (nSPS) is 14.3. The average molecular weight is 392 g/mol. The van der Waals surface area contributed by atoms with Crippen LogP contribution in [0.5, 0.6) is 0 Å². The minimum atomic E-state index is -1.56. The van der Waals surface area contributed by atoms with Crippen molar-refractivity contribution in [3.63, 3.8) is 0 Å². The summed E-state index contributed by atoms with van der Waals surface area (Å²) in [5.41, 5.74) is 3.20. The van der Waals surface area contributed by atoms with E-state index in [4.69, 9.17) is 0 Å². The Morgan fingerprint density at radius 3 is 1.93 bits per heavy atom. The topological polar surface area (TPSA) is 3.24 Å². The van der Waals surface area contributed by atoms with Crippen molar-refractivity contribution in [1.29, 1.82) is 0 Å². The van der Waals surface area contributed by atoms with Gasteiger partial charge in [-0.05, 0) is 28.8 Å². The first-order chi connectivity index (χ1) is 13.0. The second kappa shape index (κ2) is 8.90. The number of hydrogen-bond donors (Lipinski definition) is 0. The van der Waals surface area contributed by atoms with E-state index in [1.165, 1.54) is 29.6 Å². The number of hydrogen-bond acceptors (Lipinski definition) is 1. The third-order valence-electron chi connectivity index (χ3n) is 5.30. The quantitative estimate of drug-likeness (QED) is 0.568. The summed E-state index contributed by atoms with van der Waals surface area (Å²) in [6.45, 7) is 9.84. The second-order valence-corrected chi connectivity index (χ2v) is 16.4. The van der Waals surface area contributed by atoms with E-state index in [1.807, 2.05) is 0 Å². The number of rotatable bonds is 8. The smallest absolute Gasteiger partial charge is 0.195 e. The van der Waals surface area contributed by atoms with E-state index in [9.17, 15) is 0 Å². The van der Waals surface area contributed by atoms with E-state index >= 15 is 0 Å². The van der Waals surface area contributed by atoms with Crippen LogP contribution in [-0.4, -0.2) is 21.4 Å². The van der Waals surface area contributed by atoms with Gasteiger partial charge in [0.05, 0.1) is 0 Å². The van der Waals surface area contributed by atoms with Gasteiger partial charge in [0.2, 0.25) is 0 Å². The lowest BCUT2D eigenvalue weighted by Gasteiger charge is -2.44. The Morgan fingerprint density at radius 2 is 1.44 bits per heavy atom. The van der Waals surface area contributed by atoms with E-state index in [-0.39, 0.29) is 0 Å². The highest BCUT2D eigenvalue weighted by Gasteiger charge is 2.36. The molecule has 2 aromatic carbocycles. The first-order valence-electron chi connectivity index (χ1n) is 10.3. The van der Waals surface area contributed by atoms with Crippen LogP contribution in [0.1, 0.15) is 32.6 Å². The van der Waals surface area contributed by atoms with Crippen molar-refractivity contribution in [2.75, 3.05) is 0 Å². The molecule has 0 saturated heterocycles. The maximum Gasteiger partial charge on any atom is 0.195 e. The standard InChI is InChI=1S/C24H33NSi2/c1-5-6-14-21-15-13-20-24(21)25(27(2,3)4)26(22-16-9-7-10-17-22)23-18-11-8-12-19-23/h7-13,15-19,26H,5-6,14,20H2,1-4H3. The lowest BCUT2D eigenvalue weighted by Crippen LogP contribution is -2.64. The highest BCUT2D eigenvalue weighted by atomic mass is 28.4. The van der Waals surface area contributed by atoms with Crippen LogP contribution in [0.15, 0.2) is 84.1 Å². The van der Waals surface area contributed by atoms with Crippen molar-refractivity contribution in [2.24, 2.45) is 0 Å². The van der Waals surface area contributed by atoms with Gasteiger partial charge in [-0.2, -0.15) is 0 Å². The Kier molecular flexibility index (Phi) is 6.56. The molecule has 0 radical (unpaired) electrons. The maximum absolute atomic E-state index is 2.95. The Morgan fingerprint density at radius 1 is 0.889 bits per heavy atom. The Hall–Kier alpha value is -1.85. The molecule has 0 bridgehead atoms. The molecule has 1 aliphatic rings. The number of benzene rings is 2. The molecule has 0 heterocycles. The first kappa shape index (κ1) is 19.9. The van der Waals surface area contributed by atoms with Crippen molar-refractivity contribution in [2.45, 2.75) is 52.2 Å². The Balaban J connectivity index is 2.13.